The van der Waals surface area contributed by atoms with E-state index in [4.69, 9.17) is 4.74 Å². The van der Waals surface area contributed by atoms with Crippen LogP contribution < -0.4 is 5.32 Å². The molecule has 3 heterocycles. The van der Waals surface area contributed by atoms with Gasteiger partial charge in [0.15, 0.2) is 0 Å². The van der Waals surface area contributed by atoms with E-state index in [0.29, 0.717) is 11.5 Å². The summed E-state index contributed by atoms with van der Waals surface area (Å²) in [6.07, 6.45) is 6.76. The lowest BCUT2D eigenvalue weighted by Gasteiger charge is -2.50. The Labute approximate surface area is 130 Å². The summed E-state index contributed by atoms with van der Waals surface area (Å²) in [6.45, 7) is 10.5. The number of hydrogen-bond donors (Lipinski definition) is 1. The van der Waals surface area contributed by atoms with Crippen LogP contribution in [0, 0.1) is 5.41 Å². The molecule has 3 rings (SSSR count). The maximum Gasteiger partial charge on any atom is 0.0546 e. The lowest BCUT2D eigenvalue weighted by molar-refractivity contribution is -0.0560. The van der Waals surface area contributed by atoms with Crippen molar-refractivity contribution in [3.8, 4) is 0 Å². The van der Waals surface area contributed by atoms with Gasteiger partial charge in [-0.2, -0.15) is 0 Å². The number of ether oxygens (including phenoxy) is 1. The van der Waals surface area contributed by atoms with Gasteiger partial charge in [0, 0.05) is 50.3 Å². The lowest BCUT2D eigenvalue weighted by Crippen LogP contribution is -2.61. The van der Waals surface area contributed by atoms with Crippen molar-refractivity contribution in [3.05, 3.63) is 0 Å². The summed E-state index contributed by atoms with van der Waals surface area (Å²) in [7, 11) is 2.08. The van der Waals surface area contributed by atoms with Crippen molar-refractivity contribution in [2.24, 2.45) is 5.41 Å². The Kier molecular flexibility index (Phi) is 5.20. The fourth-order valence-electron chi connectivity index (χ4n) is 4.67. The average Bonchev–Trinajstić information content (AvgIpc) is 2.49. The Hall–Kier alpha value is -0.160. The van der Waals surface area contributed by atoms with Crippen LogP contribution >= 0.6 is 0 Å². The predicted octanol–water partition coefficient (Wildman–Crippen LogP) is 1.56. The fourth-order valence-corrected chi connectivity index (χ4v) is 4.67. The third-order valence-electron chi connectivity index (χ3n) is 5.81. The number of nitrogens with zero attached hydrogens (tertiary/aromatic N) is 2. The molecule has 0 aliphatic carbocycles. The van der Waals surface area contributed by atoms with Gasteiger partial charge < -0.3 is 10.1 Å². The number of piperidine rings is 1. The van der Waals surface area contributed by atoms with E-state index in [2.05, 4.69) is 29.1 Å². The Morgan fingerprint density at radius 2 is 2.14 bits per heavy atom. The molecule has 3 atom stereocenters. The van der Waals surface area contributed by atoms with Gasteiger partial charge in [-0.1, -0.05) is 6.42 Å². The van der Waals surface area contributed by atoms with Crippen LogP contribution in [-0.2, 0) is 4.74 Å². The molecule has 3 fully saturated rings. The summed E-state index contributed by atoms with van der Waals surface area (Å²) >= 11 is 0. The maximum atomic E-state index is 5.84. The summed E-state index contributed by atoms with van der Waals surface area (Å²) in [6, 6.07) is 1.50. The van der Waals surface area contributed by atoms with E-state index >= 15 is 0 Å². The number of hydrogen-bond acceptors (Lipinski definition) is 4. The summed E-state index contributed by atoms with van der Waals surface area (Å²) in [4.78, 5) is 5.51. The van der Waals surface area contributed by atoms with E-state index in [0.717, 1.165) is 25.8 Å². The Morgan fingerprint density at radius 3 is 2.90 bits per heavy atom. The molecule has 1 N–H and O–H groups in total. The zero-order valence-corrected chi connectivity index (χ0v) is 13.9. The van der Waals surface area contributed by atoms with Crippen molar-refractivity contribution >= 4 is 0 Å². The topological polar surface area (TPSA) is 27.7 Å². The van der Waals surface area contributed by atoms with Crippen molar-refractivity contribution < 1.29 is 4.74 Å². The SMILES string of the molecule is CNCC1(CN2CC3CCCCN3CC2C)CCCOC1. The monoisotopic (exact) mass is 295 g/mol. The molecule has 4 heteroatoms. The Bertz CT molecular complexity index is 324. The van der Waals surface area contributed by atoms with E-state index < -0.39 is 0 Å². The van der Waals surface area contributed by atoms with Crippen LogP contribution in [0.25, 0.3) is 0 Å². The van der Waals surface area contributed by atoms with Gasteiger partial charge in [-0.15, -0.1) is 0 Å². The maximum absolute atomic E-state index is 5.84. The van der Waals surface area contributed by atoms with Crippen molar-refractivity contribution in [3.63, 3.8) is 0 Å². The first-order chi connectivity index (χ1) is 10.2. The van der Waals surface area contributed by atoms with Crippen LogP contribution in [0.2, 0.25) is 0 Å². The van der Waals surface area contributed by atoms with Crippen molar-refractivity contribution in [2.75, 3.05) is 53.0 Å². The average molecular weight is 295 g/mol. The minimum atomic E-state index is 0.331. The molecule has 4 nitrogen and oxygen atoms in total. The van der Waals surface area contributed by atoms with Crippen molar-refractivity contribution in [1.29, 1.82) is 0 Å². The minimum Gasteiger partial charge on any atom is -0.381 e. The van der Waals surface area contributed by atoms with Crippen molar-refractivity contribution in [2.45, 2.75) is 51.1 Å². The second kappa shape index (κ2) is 6.95. The third kappa shape index (κ3) is 3.61. The number of piperazine rings is 1. The highest BCUT2D eigenvalue weighted by Crippen LogP contribution is 2.32. The minimum absolute atomic E-state index is 0.331. The van der Waals surface area contributed by atoms with Crippen LogP contribution in [0.3, 0.4) is 0 Å². The smallest absolute Gasteiger partial charge is 0.0546 e. The molecule has 0 amide bonds. The molecule has 3 saturated heterocycles. The van der Waals surface area contributed by atoms with E-state index in [1.54, 1.807) is 0 Å². The van der Waals surface area contributed by atoms with Crippen molar-refractivity contribution in [1.82, 2.24) is 15.1 Å². The number of rotatable bonds is 4. The first-order valence-electron chi connectivity index (χ1n) is 8.93. The highest BCUT2D eigenvalue weighted by atomic mass is 16.5. The molecule has 21 heavy (non-hydrogen) atoms. The molecule has 0 spiro atoms. The molecular formula is C17H33N3O. The van der Waals surface area contributed by atoms with Gasteiger partial charge in [0.25, 0.3) is 0 Å². The van der Waals surface area contributed by atoms with E-state index in [1.807, 2.05) is 0 Å². The standard InChI is InChI=1S/C17H33N3O/c1-15-10-19-8-4-3-6-16(19)11-20(15)13-17(12-18-2)7-5-9-21-14-17/h15-16,18H,3-14H2,1-2H3. The van der Waals surface area contributed by atoms with Crippen LogP contribution in [0.1, 0.15) is 39.0 Å². The molecule has 3 unspecified atom stereocenters. The van der Waals surface area contributed by atoms with Gasteiger partial charge in [0.2, 0.25) is 0 Å². The number of nitrogens with one attached hydrogen (secondary N) is 1. The van der Waals surface area contributed by atoms with E-state index in [-0.39, 0.29) is 0 Å². The first kappa shape index (κ1) is 15.7. The van der Waals surface area contributed by atoms with Gasteiger partial charge in [-0.25, -0.2) is 0 Å². The molecule has 122 valence electrons. The van der Waals surface area contributed by atoms with Gasteiger partial charge in [-0.05, 0) is 46.2 Å². The van der Waals surface area contributed by atoms with Gasteiger partial charge >= 0.3 is 0 Å². The summed E-state index contributed by atoms with van der Waals surface area (Å²) in [5.41, 5.74) is 0.331. The highest BCUT2D eigenvalue weighted by Gasteiger charge is 2.39. The second-order valence-corrected chi connectivity index (χ2v) is 7.61. The normalized spacial score (nSPS) is 39.1. The zero-order chi connectivity index (χ0) is 14.7. The molecule has 3 aliphatic rings. The third-order valence-corrected chi connectivity index (χ3v) is 5.81. The van der Waals surface area contributed by atoms with Gasteiger partial charge in [0.05, 0.1) is 6.61 Å². The quantitative estimate of drug-likeness (QED) is 0.852. The predicted molar refractivity (Wildman–Crippen MR) is 86.7 cm³/mol. The molecular weight excluding hydrogens is 262 g/mol. The fraction of sp³-hybridized carbons (Fsp3) is 1.00. The highest BCUT2D eigenvalue weighted by molar-refractivity contribution is 4.94. The van der Waals surface area contributed by atoms with Crippen LogP contribution in [0.15, 0.2) is 0 Å². The zero-order valence-electron chi connectivity index (χ0n) is 13.9. The summed E-state index contributed by atoms with van der Waals surface area (Å²) in [5, 5.41) is 3.42. The van der Waals surface area contributed by atoms with Crippen LogP contribution in [0.5, 0.6) is 0 Å². The molecule has 0 aromatic heterocycles. The van der Waals surface area contributed by atoms with E-state index in [1.165, 1.54) is 58.3 Å². The summed E-state index contributed by atoms with van der Waals surface area (Å²) < 4.78 is 5.84. The Morgan fingerprint density at radius 1 is 1.24 bits per heavy atom. The van der Waals surface area contributed by atoms with E-state index in [9.17, 15) is 0 Å². The first-order valence-corrected chi connectivity index (χ1v) is 8.93. The Balaban J connectivity index is 1.64. The molecule has 3 aliphatic heterocycles. The molecule has 0 radical (unpaired) electrons. The van der Waals surface area contributed by atoms with Crippen LogP contribution in [0.4, 0.5) is 0 Å². The molecule has 0 aromatic carbocycles. The summed E-state index contributed by atoms with van der Waals surface area (Å²) in [5.74, 6) is 0. The largest absolute Gasteiger partial charge is 0.381 e. The molecule has 0 bridgehead atoms. The molecule has 0 saturated carbocycles. The second-order valence-electron chi connectivity index (χ2n) is 7.61. The lowest BCUT2D eigenvalue weighted by atomic mass is 9.81. The molecule has 0 aromatic rings. The van der Waals surface area contributed by atoms with Gasteiger partial charge in [0.1, 0.15) is 0 Å². The van der Waals surface area contributed by atoms with Crippen LogP contribution in [-0.4, -0.2) is 74.9 Å². The number of fused-ring (bicyclic) bond motifs is 1. The van der Waals surface area contributed by atoms with Gasteiger partial charge in [-0.3, -0.25) is 9.80 Å².